The minimum absolute atomic E-state index is 0.416. The molecule has 1 unspecified atom stereocenters. The highest BCUT2D eigenvalue weighted by molar-refractivity contribution is 7.09. The van der Waals surface area contributed by atoms with E-state index in [0.717, 1.165) is 6.54 Å². The fourth-order valence-corrected chi connectivity index (χ4v) is 2.49. The number of nitrogens with one attached hydrogen (secondary N) is 1. The van der Waals surface area contributed by atoms with Gasteiger partial charge in [0.25, 0.3) is 0 Å². The van der Waals surface area contributed by atoms with Gasteiger partial charge in [-0.05, 0) is 36.8 Å². The molecule has 0 spiro atoms. The SMILES string of the molecule is CCC(C)(CNC)Cc1cccs1. The second-order valence-corrected chi connectivity index (χ2v) is 4.98. The van der Waals surface area contributed by atoms with Gasteiger partial charge in [-0.15, -0.1) is 11.3 Å². The monoisotopic (exact) mass is 197 g/mol. The largest absolute Gasteiger partial charge is 0.319 e. The molecule has 0 radical (unpaired) electrons. The van der Waals surface area contributed by atoms with E-state index in [4.69, 9.17) is 0 Å². The van der Waals surface area contributed by atoms with Crippen LogP contribution >= 0.6 is 11.3 Å². The molecule has 74 valence electrons. The molecule has 1 atom stereocenters. The highest BCUT2D eigenvalue weighted by Crippen LogP contribution is 2.27. The van der Waals surface area contributed by atoms with Gasteiger partial charge in [-0.1, -0.05) is 19.9 Å². The van der Waals surface area contributed by atoms with Crippen molar-refractivity contribution in [3.63, 3.8) is 0 Å². The predicted octanol–water partition coefficient (Wildman–Crippen LogP) is 2.93. The molecule has 1 heterocycles. The van der Waals surface area contributed by atoms with Crippen LogP contribution in [0.25, 0.3) is 0 Å². The van der Waals surface area contributed by atoms with Gasteiger partial charge in [0, 0.05) is 11.4 Å². The van der Waals surface area contributed by atoms with E-state index in [9.17, 15) is 0 Å². The van der Waals surface area contributed by atoms with Crippen LogP contribution in [0.5, 0.6) is 0 Å². The molecule has 2 heteroatoms. The maximum atomic E-state index is 3.28. The summed E-state index contributed by atoms with van der Waals surface area (Å²) in [5.41, 5.74) is 0.416. The zero-order chi connectivity index (χ0) is 9.73. The molecule has 1 N–H and O–H groups in total. The number of hydrogen-bond acceptors (Lipinski definition) is 2. The molecule has 0 aromatic carbocycles. The average molecular weight is 197 g/mol. The van der Waals surface area contributed by atoms with E-state index in [1.54, 1.807) is 0 Å². The summed E-state index contributed by atoms with van der Waals surface area (Å²) in [6, 6.07) is 4.36. The molecule has 0 amide bonds. The molecule has 0 aliphatic rings. The van der Waals surface area contributed by atoms with Crippen LogP contribution in [0, 0.1) is 5.41 Å². The molecule has 0 saturated carbocycles. The van der Waals surface area contributed by atoms with Crippen LogP contribution in [0.4, 0.5) is 0 Å². The Labute approximate surface area is 85.2 Å². The molecule has 0 aliphatic heterocycles. The Bertz CT molecular complexity index is 230. The van der Waals surface area contributed by atoms with Crippen LogP contribution in [0.2, 0.25) is 0 Å². The molecule has 0 fully saturated rings. The van der Waals surface area contributed by atoms with Crippen LogP contribution in [0.1, 0.15) is 25.1 Å². The van der Waals surface area contributed by atoms with Crippen molar-refractivity contribution in [1.29, 1.82) is 0 Å². The molecule has 1 nitrogen and oxygen atoms in total. The summed E-state index contributed by atoms with van der Waals surface area (Å²) in [5.74, 6) is 0. The summed E-state index contributed by atoms with van der Waals surface area (Å²) < 4.78 is 0. The first-order chi connectivity index (χ1) is 6.20. The lowest BCUT2D eigenvalue weighted by Gasteiger charge is -2.27. The van der Waals surface area contributed by atoms with Gasteiger partial charge in [0.2, 0.25) is 0 Å². The lowest BCUT2D eigenvalue weighted by atomic mass is 9.83. The summed E-state index contributed by atoms with van der Waals surface area (Å²) in [6.45, 7) is 5.72. The second-order valence-electron chi connectivity index (χ2n) is 3.95. The smallest absolute Gasteiger partial charge is 0.00511 e. The normalized spacial score (nSPS) is 15.6. The molecule has 1 aromatic rings. The Kier molecular flexibility index (Phi) is 3.94. The predicted molar refractivity (Wildman–Crippen MR) is 60.3 cm³/mol. The van der Waals surface area contributed by atoms with Crippen molar-refractivity contribution in [3.05, 3.63) is 22.4 Å². The minimum Gasteiger partial charge on any atom is -0.319 e. The highest BCUT2D eigenvalue weighted by Gasteiger charge is 2.21. The van der Waals surface area contributed by atoms with Gasteiger partial charge in [-0.25, -0.2) is 0 Å². The van der Waals surface area contributed by atoms with Crippen molar-refractivity contribution in [1.82, 2.24) is 5.32 Å². The third-order valence-corrected chi connectivity index (χ3v) is 3.51. The molecule has 0 saturated heterocycles. The molecule has 0 bridgehead atoms. The van der Waals surface area contributed by atoms with Crippen molar-refractivity contribution in [2.75, 3.05) is 13.6 Å². The molecular weight excluding hydrogens is 178 g/mol. The average Bonchev–Trinajstić information content (AvgIpc) is 2.57. The van der Waals surface area contributed by atoms with Crippen molar-refractivity contribution in [2.45, 2.75) is 26.7 Å². The van der Waals surface area contributed by atoms with Crippen molar-refractivity contribution in [2.24, 2.45) is 5.41 Å². The van der Waals surface area contributed by atoms with E-state index < -0.39 is 0 Å². The van der Waals surface area contributed by atoms with E-state index in [0.29, 0.717) is 5.41 Å². The zero-order valence-electron chi connectivity index (χ0n) is 8.76. The Morgan fingerprint density at radius 3 is 2.77 bits per heavy atom. The first-order valence-corrected chi connectivity index (χ1v) is 5.75. The van der Waals surface area contributed by atoms with Crippen molar-refractivity contribution >= 4 is 11.3 Å². The van der Waals surface area contributed by atoms with Crippen LogP contribution in [0.3, 0.4) is 0 Å². The standard InChI is InChI=1S/C11H19NS/c1-4-11(2,9-12-3)8-10-6-5-7-13-10/h5-7,12H,4,8-9H2,1-3H3. The van der Waals surface area contributed by atoms with Gasteiger partial charge in [0.05, 0.1) is 0 Å². The quantitative estimate of drug-likeness (QED) is 0.765. The minimum atomic E-state index is 0.416. The van der Waals surface area contributed by atoms with Gasteiger partial charge in [0.15, 0.2) is 0 Å². The van der Waals surface area contributed by atoms with E-state index in [2.05, 4.69) is 36.7 Å². The molecule has 1 aromatic heterocycles. The molecular formula is C11H19NS. The third kappa shape index (κ3) is 3.12. The van der Waals surface area contributed by atoms with Gasteiger partial charge < -0.3 is 5.32 Å². The van der Waals surface area contributed by atoms with Crippen molar-refractivity contribution in [3.8, 4) is 0 Å². The lowest BCUT2D eigenvalue weighted by molar-refractivity contribution is 0.301. The van der Waals surface area contributed by atoms with Crippen LogP contribution in [0.15, 0.2) is 17.5 Å². The summed E-state index contributed by atoms with van der Waals surface area (Å²) in [4.78, 5) is 1.50. The zero-order valence-corrected chi connectivity index (χ0v) is 9.58. The lowest BCUT2D eigenvalue weighted by Crippen LogP contribution is -2.30. The summed E-state index contributed by atoms with van der Waals surface area (Å²) in [5, 5.41) is 5.43. The Morgan fingerprint density at radius 1 is 1.54 bits per heavy atom. The number of rotatable bonds is 5. The topological polar surface area (TPSA) is 12.0 Å². The fraction of sp³-hybridized carbons (Fsp3) is 0.636. The first kappa shape index (κ1) is 10.7. The van der Waals surface area contributed by atoms with Crippen molar-refractivity contribution < 1.29 is 0 Å². The van der Waals surface area contributed by atoms with Gasteiger partial charge in [-0.2, -0.15) is 0 Å². The Balaban J connectivity index is 2.58. The maximum Gasteiger partial charge on any atom is 0.00511 e. The highest BCUT2D eigenvalue weighted by atomic mass is 32.1. The first-order valence-electron chi connectivity index (χ1n) is 4.87. The number of thiophene rings is 1. The van der Waals surface area contributed by atoms with Gasteiger partial charge in [0.1, 0.15) is 0 Å². The molecule has 1 rings (SSSR count). The Hall–Kier alpha value is -0.340. The summed E-state index contributed by atoms with van der Waals surface area (Å²) >= 11 is 1.86. The fourth-order valence-electron chi connectivity index (χ4n) is 1.57. The van der Waals surface area contributed by atoms with Gasteiger partial charge >= 0.3 is 0 Å². The summed E-state index contributed by atoms with van der Waals surface area (Å²) in [7, 11) is 2.03. The van der Waals surface area contributed by atoms with Crippen LogP contribution < -0.4 is 5.32 Å². The van der Waals surface area contributed by atoms with Crippen LogP contribution in [-0.2, 0) is 6.42 Å². The van der Waals surface area contributed by atoms with Gasteiger partial charge in [-0.3, -0.25) is 0 Å². The third-order valence-electron chi connectivity index (χ3n) is 2.64. The molecule has 13 heavy (non-hydrogen) atoms. The number of hydrogen-bond donors (Lipinski definition) is 1. The second kappa shape index (κ2) is 4.77. The van der Waals surface area contributed by atoms with E-state index in [1.807, 2.05) is 18.4 Å². The van der Waals surface area contributed by atoms with Crippen LogP contribution in [-0.4, -0.2) is 13.6 Å². The van der Waals surface area contributed by atoms with E-state index >= 15 is 0 Å². The van der Waals surface area contributed by atoms with E-state index in [1.165, 1.54) is 17.7 Å². The molecule has 0 aliphatic carbocycles. The summed E-state index contributed by atoms with van der Waals surface area (Å²) in [6.07, 6.45) is 2.42. The maximum absolute atomic E-state index is 3.28. The van der Waals surface area contributed by atoms with E-state index in [-0.39, 0.29) is 0 Å². The Morgan fingerprint density at radius 2 is 2.31 bits per heavy atom.